The van der Waals surface area contributed by atoms with Gasteiger partial charge in [-0.3, -0.25) is 0 Å². The number of nitrogens with one attached hydrogen (secondary N) is 2. The van der Waals surface area contributed by atoms with Crippen LogP contribution < -0.4 is 10.2 Å². The van der Waals surface area contributed by atoms with E-state index >= 15 is 0 Å². The third-order valence-corrected chi connectivity index (χ3v) is 8.13. The number of rotatable bonds is 10. The lowest BCUT2D eigenvalue weighted by Gasteiger charge is -2.33. The van der Waals surface area contributed by atoms with E-state index in [1.54, 1.807) is 17.9 Å². The molecule has 2 aliphatic heterocycles. The molecule has 2 aliphatic rings. The van der Waals surface area contributed by atoms with E-state index in [1.807, 2.05) is 56.3 Å². The lowest BCUT2D eigenvalue weighted by molar-refractivity contribution is 0.0519. The maximum atomic E-state index is 13.0. The molecule has 0 spiro atoms. The van der Waals surface area contributed by atoms with E-state index in [9.17, 15) is 9.59 Å². The molecule has 1 atom stereocenters. The smallest absolute Gasteiger partial charge is 0.410 e. The van der Waals surface area contributed by atoms with Crippen LogP contribution in [0.5, 0.6) is 0 Å². The Morgan fingerprint density at radius 3 is 2.47 bits per heavy atom. The molecule has 5 rings (SSSR count). The van der Waals surface area contributed by atoms with Crippen molar-refractivity contribution in [1.29, 1.82) is 5.41 Å². The Balaban J connectivity index is 1.44. The van der Waals surface area contributed by atoms with Gasteiger partial charge in [-0.15, -0.1) is 0 Å². The Kier molecular flexibility index (Phi) is 10.7. The number of benzene rings is 2. The van der Waals surface area contributed by atoms with Crippen LogP contribution in [-0.2, 0) is 20.8 Å². The largest absolute Gasteiger partial charge is 0.461 e. The van der Waals surface area contributed by atoms with Gasteiger partial charge in [0.1, 0.15) is 12.4 Å². The van der Waals surface area contributed by atoms with Gasteiger partial charge in [-0.05, 0) is 60.6 Å². The standard InChI is InChI=1S/C35H43N5O5/c1-4-44-34(41)30-21-29(26-12-14-28(15-13-26)39-17-19-43-20-18-39)31(32(36)24(2)3)33(38-30)37-27-11-8-16-40(22-27)35(42)45-23-25-9-6-5-7-10-25/h5-7,9-10,12-15,21,24,27,36H,4,8,11,16-20,22-23H2,1-3H3,(H,37,38). The molecule has 0 aliphatic carbocycles. The summed E-state index contributed by atoms with van der Waals surface area (Å²) < 4.78 is 16.5. The summed E-state index contributed by atoms with van der Waals surface area (Å²) in [6.07, 6.45) is 1.21. The Labute approximate surface area is 265 Å². The van der Waals surface area contributed by atoms with Crippen molar-refractivity contribution in [3.63, 3.8) is 0 Å². The quantitative estimate of drug-likeness (QED) is 0.211. The van der Waals surface area contributed by atoms with Crippen LogP contribution in [-0.4, -0.2) is 79.7 Å². The van der Waals surface area contributed by atoms with Crippen LogP contribution >= 0.6 is 0 Å². The van der Waals surface area contributed by atoms with Crippen molar-refractivity contribution in [2.24, 2.45) is 5.92 Å². The zero-order chi connectivity index (χ0) is 31.8. The van der Waals surface area contributed by atoms with E-state index in [0.717, 1.165) is 48.3 Å². The number of amides is 1. The normalized spacial score (nSPS) is 16.8. The first-order valence-electron chi connectivity index (χ1n) is 15.8. The van der Waals surface area contributed by atoms with Crippen LogP contribution in [0.4, 0.5) is 16.3 Å². The first-order valence-corrected chi connectivity index (χ1v) is 15.8. The summed E-state index contributed by atoms with van der Waals surface area (Å²) in [6.45, 7) is 10.2. The highest BCUT2D eigenvalue weighted by atomic mass is 16.6. The average Bonchev–Trinajstić information content (AvgIpc) is 3.07. The van der Waals surface area contributed by atoms with Gasteiger partial charge in [0.2, 0.25) is 0 Å². The molecular formula is C35H43N5O5. The van der Waals surface area contributed by atoms with Crippen molar-refractivity contribution in [3.8, 4) is 11.1 Å². The Bertz CT molecular complexity index is 1470. The van der Waals surface area contributed by atoms with Gasteiger partial charge in [0.25, 0.3) is 0 Å². The van der Waals surface area contributed by atoms with Crippen LogP contribution in [0.3, 0.4) is 0 Å². The molecule has 0 radical (unpaired) electrons. The predicted octanol–water partition coefficient (Wildman–Crippen LogP) is 6.00. The zero-order valence-corrected chi connectivity index (χ0v) is 26.4. The summed E-state index contributed by atoms with van der Waals surface area (Å²) in [7, 11) is 0. The van der Waals surface area contributed by atoms with E-state index < -0.39 is 5.97 Å². The summed E-state index contributed by atoms with van der Waals surface area (Å²) in [5.74, 6) is -0.178. The molecule has 2 N–H and O–H groups in total. The van der Waals surface area contributed by atoms with E-state index in [0.29, 0.717) is 43.4 Å². The molecule has 45 heavy (non-hydrogen) atoms. The first-order chi connectivity index (χ1) is 21.8. The number of hydrogen-bond acceptors (Lipinski definition) is 9. The second-order valence-electron chi connectivity index (χ2n) is 11.7. The molecule has 10 nitrogen and oxygen atoms in total. The molecule has 10 heteroatoms. The number of likely N-dealkylation sites (tertiary alicyclic amines) is 1. The van der Waals surface area contributed by atoms with Crippen LogP contribution in [0.2, 0.25) is 0 Å². The predicted molar refractivity (Wildman–Crippen MR) is 175 cm³/mol. The average molecular weight is 614 g/mol. The fraction of sp³-hybridized carbons (Fsp3) is 0.429. The molecule has 0 saturated carbocycles. The topological polar surface area (TPSA) is 117 Å². The number of pyridine rings is 1. The molecule has 3 aromatic rings. The lowest BCUT2D eigenvalue weighted by atomic mass is 9.91. The van der Waals surface area contributed by atoms with Crippen molar-refractivity contribution >= 4 is 29.3 Å². The minimum absolute atomic E-state index is 0.0945. The van der Waals surface area contributed by atoms with Crippen molar-refractivity contribution < 1.29 is 23.8 Å². The molecule has 1 aromatic heterocycles. The second-order valence-corrected chi connectivity index (χ2v) is 11.7. The number of hydrogen-bond donors (Lipinski definition) is 2. The molecule has 1 amide bonds. The number of piperidine rings is 1. The number of ether oxygens (including phenoxy) is 3. The van der Waals surface area contributed by atoms with Gasteiger partial charge in [0, 0.05) is 49.2 Å². The monoisotopic (exact) mass is 613 g/mol. The fourth-order valence-electron chi connectivity index (χ4n) is 5.69. The lowest BCUT2D eigenvalue weighted by Crippen LogP contribution is -2.45. The summed E-state index contributed by atoms with van der Waals surface area (Å²) in [6, 6.07) is 19.4. The molecule has 238 valence electrons. The second kappa shape index (κ2) is 15.0. The molecular weight excluding hydrogens is 570 g/mol. The van der Waals surface area contributed by atoms with Gasteiger partial charge in [-0.1, -0.05) is 56.3 Å². The van der Waals surface area contributed by atoms with E-state index in [2.05, 4.69) is 22.3 Å². The van der Waals surface area contributed by atoms with E-state index in [-0.39, 0.29) is 37.0 Å². The number of nitrogens with zero attached hydrogens (tertiary/aromatic N) is 3. The number of carbonyl (C=O) groups excluding carboxylic acids is 2. The highest BCUT2D eigenvalue weighted by Crippen LogP contribution is 2.34. The van der Waals surface area contributed by atoms with Crippen LogP contribution in [0.1, 0.15) is 55.2 Å². The molecule has 2 fully saturated rings. The molecule has 3 heterocycles. The molecule has 2 aromatic carbocycles. The highest BCUT2D eigenvalue weighted by Gasteiger charge is 2.28. The number of anilines is 2. The minimum atomic E-state index is -0.524. The van der Waals surface area contributed by atoms with Gasteiger partial charge < -0.3 is 34.7 Å². The third kappa shape index (κ3) is 7.99. The van der Waals surface area contributed by atoms with Crippen molar-refractivity contribution in [3.05, 3.63) is 77.5 Å². The maximum Gasteiger partial charge on any atom is 0.410 e. The fourth-order valence-corrected chi connectivity index (χ4v) is 5.69. The van der Waals surface area contributed by atoms with Gasteiger partial charge in [0.05, 0.1) is 19.8 Å². The Hall–Kier alpha value is -4.44. The van der Waals surface area contributed by atoms with Gasteiger partial charge >= 0.3 is 12.1 Å². The van der Waals surface area contributed by atoms with Crippen LogP contribution in [0, 0.1) is 11.3 Å². The van der Waals surface area contributed by atoms with Gasteiger partial charge in [-0.25, -0.2) is 14.6 Å². The van der Waals surface area contributed by atoms with Crippen LogP contribution in [0.15, 0.2) is 60.7 Å². The first kappa shape index (κ1) is 32.0. The number of morpholine rings is 1. The maximum absolute atomic E-state index is 13.0. The SMILES string of the molecule is CCOC(=O)c1cc(-c2ccc(N3CCOCC3)cc2)c(C(=N)C(C)C)c(NC2CCCN(C(=O)OCc3ccccc3)C2)n1. The summed E-state index contributed by atoms with van der Waals surface area (Å²) in [5.41, 5.74) is 4.85. The number of aromatic nitrogens is 1. The summed E-state index contributed by atoms with van der Waals surface area (Å²) in [5, 5.41) is 12.7. The van der Waals surface area contributed by atoms with Gasteiger partial charge in [-0.2, -0.15) is 0 Å². The molecule has 1 unspecified atom stereocenters. The highest BCUT2D eigenvalue weighted by molar-refractivity contribution is 6.10. The summed E-state index contributed by atoms with van der Waals surface area (Å²) >= 11 is 0. The van der Waals surface area contributed by atoms with E-state index in [4.69, 9.17) is 24.6 Å². The number of esters is 1. The van der Waals surface area contributed by atoms with Crippen LogP contribution in [0.25, 0.3) is 11.1 Å². The van der Waals surface area contributed by atoms with E-state index in [1.165, 1.54) is 0 Å². The van der Waals surface area contributed by atoms with Crippen molar-refractivity contribution in [2.45, 2.75) is 46.3 Å². The third-order valence-electron chi connectivity index (χ3n) is 8.13. The zero-order valence-electron chi connectivity index (χ0n) is 26.4. The van der Waals surface area contributed by atoms with Crippen molar-refractivity contribution in [1.82, 2.24) is 9.88 Å². The summed E-state index contributed by atoms with van der Waals surface area (Å²) in [4.78, 5) is 34.7. The Morgan fingerprint density at radius 2 is 1.78 bits per heavy atom. The Morgan fingerprint density at radius 1 is 1.04 bits per heavy atom. The van der Waals surface area contributed by atoms with Crippen molar-refractivity contribution in [2.75, 3.05) is 56.2 Å². The molecule has 0 bridgehead atoms. The number of carbonyl (C=O) groups is 2. The molecule has 2 saturated heterocycles. The van der Waals surface area contributed by atoms with Gasteiger partial charge in [0.15, 0.2) is 5.69 Å². The minimum Gasteiger partial charge on any atom is -0.461 e.